The fraction of sp³-hybridized carbons (Fsp3) is 0.375. The Kier molecular flexibility index (Phi) is 7.29. The van der Waals surface area contributed by atoms with Gasteiger partial charge in [-0.1, -0.05) is 30.8 Å². The first kappa shape index (κ1) is 16.1. The Morgan fingerprint density at radius 3 is 2.45 bits per heavy atom. The standard InChI is InChI=1S/C16H22N2O2/c1-13(2)16(20)18-10-3-9-17-12-15-6-4-14(5-7-15)8-11-19/h4-7,11,17H,1,3,8-10,12H2,2H3,(H,18,20). The van der Waals surface area contributed by atoms with Gasteiger partial charge in [-0.25, -0.2) is 0 Å². The predicted molar refractivity (Wildman–Crippen MR) is 80.4 cm³/mol. The normalized spacial score (nSPS) is 10.1. The molecule has 1 amide bonds. The summed E-state index contributed by atoms with van der Waals surface area (Å²) in [5.41, 5.74) is 2.75. The van der Waals surface area contributed by atoms with Crippen molar-refractivity contribution in [1.29, 1.82) is 0 Å². The largest absolute Gasteiger partial charge is 0.352 e. The molecule has 0 unspecified atom stereocenters. The molecule has 20 heavy (non-hydrogen) atoms. The van der Waals surface area contributed by atoms with E-state index in [0.717, 1.165) is 31.4 Å². The minimum Gasteiger partial charge on any atom is -0.352 e. The minimum absolute atomic E-state index is 0.0873. The molecule has 1 aromatic rings. The molecule has 0 heterocycles. The van der Waals surface area contributed by atoms with Crippen LogP contribution in [0.3, 0.4) is 0 Å². The molecular formula is C16H22N2O2. The predicted octanol–water partition coefficient (Wildman–Crippen LogP) is 1.60. The van der Waals surface area contributed by atoms with E-state index in [-0.39, 0.29) is 5.91 Å². The van der Waals surface area contributed by atoms with E-state index in [0.29, 0.717) is 18.5 Å². The highest BCUT2D eigenvalue weighted by molar-refractivity contribution is 5.91. The fourth-order valence-corrected chi connectivity index (χ4v) is 1.69. The molecule has 0 fully saturated rings. The van der Waals surface area contributed by atoms with Crippen molar-refractivity contribution in [2.45, 2.75) is 26.3 Å². The van der Waals surface area contributed by atoms with Crippen molar-refractivity contribution in [1.82, 2.24) is 10.6 Å². The fourth-order valence-electron chi connectivity index (χ4n) is 1.69. The molecule has 108 valence electrons. The molecule has 4 heteroatoms. The van der Waals surface area contributed by atoms with E-state index >= 15 is 0 Å². The average molecular weight is 274 g/mol. The van der Waals surface area contributed by atoms with Gasteiger partial charge in [0.2, 0.25) is 5.91 Å². The van der Waals surface area contributed by atoms with Gasteiger partial charge in [-0.3, -0.25) is 4.79 Å². The van der Waals surface area contributed by atoms with E-state index in [1.807, 2.05) is 24.3 Å². The summed E-state index contributed by atoms with van der Waals surface area (Å²) in [5, 5.41) is 6.10. The first-order valence-electron chi connectivity index (χ1n) is 6.79. The molecule has 0 saturated carbocycles. The van der Waals surface area contributed by atoms with Crippen molar-refractivity contribution in [3.05, 3.63) is 47.5 Å². The molecular weight excluding hydrogens is 252 g/mol. The van der Waals surface area contributed by atoms with Crippen molar-refractivity contribution < 1.29 is 9.59 Å². The van der Waals surface area contributed by atoms with Crippen molar-refractivity contribution in [2.24, 2.45) is 0 Å². The maximum absolute atomic E-state index is 11.2. The summed E-state index contributed by atoms with van der Waals surface area (Å²) in [6.07, 6.45) is 2.25. The number of nitrogens with one attached hydrogen (secondary N) is 2. The summed E-state index contributed by atoms with van der Waals surface area (Å²) >= 11 is 0. The van der Waals surface area contributed by atoms with Crippen LogP contribution in [0.25, 0.3) is 0 Å². The van der Waals surface area contributed by atoms with Gasteiger partial charge in [0.15, 0.2) is 0 Å². The number of benzene rings is 1. The summed E-state index contributed by atoms with van der Waals surface area (Å²) in [7, 11) is 0. The number of hydrogen-bond acceptors (Lipinski definition) is 3. The Balaban J connectivity index is 2.13. The molecule has 4 nitrogen and oxygen atoms in total. The Morgan fingerprint density at radius 2 is 1.85 bits per heavy atom. The lowest BCUT2D eigenvalue weighted by Gasteiger charge is -2.07. The SMILES string of the molecule is C=C(C)C(=O)NCCCNCc1ccc(CC=O)cc1. The van der Waals surface area contributed by atoms with Gasteiger partial charge in [-0.2, -0.15) is 0 Å². The van der Waals surface area contributed by atoms with E-state index in [4.69, 9.17) is 0 Å². The highest BCUT2D eigenvalue weighted by atomic mass is 16.1. The molecule has 0 spiro atoms. The maximum atomic E-state index is 11.2. The van der Waals surface area contributed by atoms with E-state index < -0.39 is 0 Å². The molecule has 0 bridgehead atoms. The summed E-state index contributed by atoms with van der Waals surface area (Å²) in [6, 6.07) is 7.99. The zero-order chi connectivity index (χ0) is 14.8. The van der Waals surface area contributed by atoms with Gasteiger partial charge in [0.1, 0.15) is 6.29 Å². The molecule has 1 aromatic carbocycles. The summed E-state index contributed by atoms with van der Waals surface area (Å²) in [6.45, 7) is 7.55. The number of carbonyl (C=O) groups excluding carboxylic acids is 2. The number of amides is 1. The van der Waals surface area contributed by atoms with Crippen LogP contribution in [0.15, 0.2) is 36.4 Å². The lowest BCUT2D eigenvalue weighted by atomic mass is 10.1. The zero-order valence-electron chi connectivity index (χ0n) is 11.9. The van der Waals surface area contributed by atoms with Gasteiger partial charge in [-0.05, 0) is 31.0 Å². The minimum atomic E-state index is -0.0873. The van der Waals surface area contributed by atoms with Crippen LogP contribution in [-0.4, -0.2) is 25.3 Å². The maximum Gasteiger partial charge on any atom is 0.246 e. The number of aldehydes is 1. The van der Waals surface area contributed by atoms with Gasteiger partial charge in [0.05, 0.1) is 0 Å². The summed E-state index contributed by atoms with van der Waals surface area (Å²) in [5.74, 6) is -0.0873. The van der Waals surface area contributed by atoms with Crippen LogP contribution in [0, 0.1) is 0 Å². The second kappa shape index (κ2) is 9.04. The van der Waals surface area contributed by atoms with Crippen LogP contribution < -0.4 is 10.6 Å². The lowest BCUT2D eigenvalue weighted by molar-refractivity contribution is -0.117. The van der Waals surface area contributed by atoms with Gasteiger partial charge in [0.25, 0.3) is 0 Å². The topological polar surface area (TPSA) is 58.2 Å². The monoisotopic (exact) mass is 274 g/mol. The Bertz CT molecular complexity index is 452. The molecule has 0 atom stereocenters. The first-order valence-corrected chi connectivity index (χ1v) is 6.79. The third kappa shape index (κ3) is 6.29. The first-order chi connectivity index (χ1) is 9.63. The van der Waals surface area contributed by atoms with Crippen LogP contribution in [0.1, 0.15) is 24.5 Å². The van der Waals surface area contributed by atoms with E-state index in [1.54, 1.807) is 6.92 Å². The van der Waals surface area contributed by atoms with Crippen LogP contribution in [0.2, 0.25) is 0 Å². The van der Waals surface area contributed by atoms with Gasteiger partial charge in [-0.15, -0.1) is 0 Å². The molecule has 2 N–H and O–H groups in total. The Labute approximate surface area is 120 Å². The molecule has 0 aliphatic rings. The highest BCUT2D eigenvalue weighted by Gasteiger charge is 1.99. The number of rotatable bonds is 9. The second-order valence-electron chi connectivity index (χ2n) is 4.75. The van der Waals surface area contributed by atoms with Gasteiger partial charge < -0.3 is 15.4 Å². The van der Waals surface area contributed by atoms with E-state index in [1.165, 1.54) is 5.56 Å². The quantitative estimate of drug-likeness (QED) is 0.408. The number of carbonyl (C=O) groups is 2. The third-order valence-electron chi connectivity index (χ3n) is 2.87. The smallest absolute Gasteiger partial charge is 0.246 e. The van der Waals surface area contributed by atoms with Gasteiger partial charge in [0, 0.05) is 25.1 Å². The molecule has 0 aliphatic carbocycles. The molecule has 0 radical (unpaired) electrons. The van der Waals surface area contributed by atoms with Crippen molar-refractivity contribution >= 4 is 12.2 Å². The highest BCUT2D eigenvalue weighted by Crippen LogP contribution is 2.04. The summed E-state index contributed by atoms with van der Waals surface area (Å²) < 4.78 is 0. The zero-order valence-corrected chi connectivity index (χ0v) is 11.9. The second-order valence-corrected chi connectivity index (χ2v) is 4.75. The van der Waals surface area contributed by atoms with Gasteiger partial charge >= 0.3 is 0 Å². The van der Waals surface area contributed by atoms with E-state index in [2.05, 4.69) is 17.2 Å². The van der Waals surface area contributed by atoms with Crippen LogP contribution in [-0.2, 0) is 22.6 Å². The molecule has 1 rings (SSSR count). The number of hydrogen-bond donors (Lipinski definition) is 2. The molecule has 0 aliphatic heterocycles. The van der Waals surface area contributed by atoms with Crippen LogP contribution in [0.4, 0.5) is 0 Å². The van der Waals surface area contributed by atoms with Crippen molar-refractivity contribution in [3.63, 3.8) is 0 Å². The Hall–Kier alpha value is -1.94. The molecule has 0 saturated heterocycles. The lowest BCUT2D eigenvalue weighted by Crippen LogP contribution is -2.27. The Morgan fingerprint density at radius 1 is 1.20 bits per heavy atom. The van der Waals surface area contributed by atoms with Crippen LogP contribution >= 0.6 is 0 Å². The van der Waals surface area contributed by atoms with Crippen molar-refractivity contribution in [3.8, 4) is 0 Å². The molecule has 0 aromatic heterocycles. The van der Waals surface area contributed by atoms with Crippen LogP contribution in [0.5, 0.6) is 0 Å². The summed E-state index contributed by atoms with van der Waals surface area (Å²) in [4.78, 5) is 21.6. The average Bonchev–Trinajstić information content (AvgIpc) is 2.44. The van der Waals surface area contributed by atoms with E-state index in [9.17, 15) is 9.59 Å². The third-order valence-corrected chi connectivity index (χ3v) is 2.87. The van der Waals surface area contributed by atoms with Crippen molar-refractivity contribution in [2.75, 3.05) is 13.1 Å².